The maximum atomic E-state index is 2.43. The molecule has 0 unspecified atom stereocenters. The van der Waals surface area contributed by atoms with E-state index in [0.717, 1.165) is 0 Å². The lowest BCUT2D eigenvalue weighted by Crippen LogP contribution is -2.22. The van der Waals surface area contributed by atoms with Crippen LogP contribution in [-0.4, -0.2) is 9.52 Å². The summed E-state index contributed by atoms with van der Waals surface area (Å²) in [5.74, 6) is 0. The third-order valence-electron chi connectivity index (χ3n) is 2.87. The maximum absolute atomic E-state index is 2.43. The van der Waals surface area contributed by atoms with Gasteiger partial charge in [-0.2, -0.15) is 0 Å². The minimum atomic E-state index is 0.0671. The second-order valence-electron chi connectivity index (χ2n) is 5.21. The van der Waals surface area contributed by atoms with Gasteiger partial charge in [0.05, 0.1) is 0 Å². The van der Waals surface area contributed by atoms with E-state index in [9.17, 15) is 0 Å². The standard InChI is InChI=1S/C10H24Si/c1-7-9(3,4)11-10(5,6)8-2/h7-8,11H2,1-6H3. The summed E-state index contributed by atoms with van der Waals surface area (Å²) >= 11 is 0. The zero-order valence-electron chi connectivity index (χ0n) is 9.12. The molecular formula is C10H24Si. The first kappa shape index (κ1) is 11.2. The predicted molar refractivity (Wildman–Crippen MR) is 57.2 cm³/mol. The van der Waals surface area contributed by atoms with Crippen LogP contribution in [-0.2, 0) is 0 Å². The Kier molecular flexibility index (Phi) is 3.82. The van der Waals surface area contributed by atoms with Crippen LogP contribution in [0.15, 0.2) is 0 Å². The van der Waals surface area contributed by atoms with Gasteiger partial charge in [0.25, 0.3) is 0 Å². The van der Waals surface area contributed by atoms with Crippen molar-refractivity contribution in [3.05, 3.63) is 0 Å². The van der Waals surface area contributed by atoms with Crippen LogP contribution < -0.4 is 0 Å². The summed E-state index contributed by atoms with van der Waals surface area (Å²) in [6.07, 6.45) is 2.70. The van der Waals surface area contributed by atoms with E-state index in [0.29, 0.717) is 10.1 Å². The molecule has 0 aromatic rings. The van der Waals surface area contributed by atoms with Gasteiger partial charge >= 0.3 is 0 Å². The summed E-state index contributed by atoms with van der Waals surface area (Å²) in [5.41, 5.74) is 0. The van der Waals surface area contributed by atoms with E-state index in [2.05, 4.69) is 41.5 Å². The van der Waals surface area contributed by atoms with Crippen LogP contribution in [0.1, 0.15) is 54.4 Å². The molecule has 0 N–H and O–H groups in total. The Labute approximate surface area is 74.6 Å². The highest BCUT2D eigenvalue weighted by atomic mass is 28.2. The Morgan fingerprint density at radius 2 is 1.09 bits per heavy atom. The summed E-state index contributed by atoms with van der Waals surface area (Å²) in [6, 6.07) is 0. The van der Waals surface area contributed by atoms with E-state index in [1.54, 1.807) is 0 Å². The fourth-order valence-corrected chi connectivity index (χ4v) is 4.64. The van der Waals surface area contributed by atoms with E-state index in [-0.39, 0.29) is 9.52 Å². The fourth-order valence-electron chi connectivity index (χ4n) is 1.55. The predicted octanol–water partition coefficient (Wildman–Crippen LogP) is 3.37. The van der Waals surface area contributed by atoms with Gasteiger partial charge < -0.3 is 0 Å². The van der Waals surface area contributed by atoms with Crippen LogP contribution in [0.5, 0.6) is 0 Å². The van der Waals surface area contributed by atoms with Crippen molar-refractivity contribution in [2.75, 3.05) is 0 Å². The lowest BCUT2D eigenvalue weighted by molar-refractivity contribution is 0.570. The van der Waals surface area contributed by atoms with E-state index in [4.69, 9.17) is 0 Å². The van der Waals surface area contributed by atoms with Crippen LogP contribution in [0, 0.1) is 0 Å². The van der Waals surface area contributed by atoms with Gasteiger partial charge in [-0.25, -0.2) is 0 Å². The molecule has 0 fully saturated rings. The Morgan fingerprint density at radius 3 is 1.27 bits per heavy atom. The summed E-state index contributed by atoms with van der Waals surface area (Å²) in [4.78, 5) is 0. The second-order valence-corrected chi connectivity index (χ2v) is 9.39. The van der Waals surface area contributed by atoms with Crippen LogP contribution >= 0.6 is 0 Å². The molecule has 0 aliphatic carbocycles. The van der Waals surface area contributed by atoms with Crippen molar-refractivity contribution in [3.63, 3.8) is 0 Å². The molecule has 0 amide bonds. The van der Waals surface area contributed by atoms with Crippen LogP contribution in [0.25, 0.3) is 0 Å². The molecule has 68 valence electrons. The maximum Gasteiger partial charge on any atom is 0.0327 e. The lowest BCUT2D eigenvalue weighted by Gasteiger charge is -2.32. The molecule has 0 aliphatic rings. The highest BCUT2D eigenvalue weighted by molar-refractivity contribution is 6.43. The molecule has 0 saturated heterocycles. The largest absolute Gasteiger partial charge is 0.0652 e. The minimum Gasteiger partial charge on any atom is -0.0652 e. The summed E-state index contributed by atoms with van der Waals surface area (Å²) in [5, 5.41) is 1.33. The molecule has 0 aliphatic heterocycles. The molecule has 0 radical (unpaired) electrons. The van der Waals surface area contributed by atoms with Gasteiger partial charge in [0.15, 0.2) is 0 Å². The van der Waals surface area contributed by atoms with Crippen molar-refractivity contribution in [3.8, 4) is 0 Å². The molecular weight excluding hydrogens is 148 g/mol. The number of rotatable bonds is 4. The highest BCUT2D eigenvalue weighted by Crippen LogP contribution is 2.39. The van der Waals surface area contributed by atoms with Gasteiger partial charge in [0.2, 0.25) is 0 Å². The van der Waals surface area contributed by atoms with Gasteiger partial charge in [0.1, 0.15) is 0 Å². The van der Waals surface area contributed by atoms with Gasteiger partial charge in [0, 0.05) is 9.52 Å². The zero-order valence-corrected chi connectivity index (χ0v) is 10.5. The van der Waals surface area contributed by atoms with E-state index in [1.807, 2.05) is 0 Å². The monoisotopic (exact) mass is 172 g/mol. The second kappa shape index (κ2) is 3.75. The summed E-state index contributed by atoms with van der Waals surface area (Å²) in [6.45, 7) is 14.3. The zero-order chi connectivity index (χ0) is 9.12. The SMILES string of the molecule is CCC(C)(C)[SiH2]C(C)(C)CC. The lowest BCUT2D eigenvalue weighted by atomic mass is 10.1. The van der Waals surface area contributed by atoms with Crippen molar-refractivity contribution in [2.45, 2.75) is 64.5 Å². The molecule has 0 saturated carbocycles. The molecule has 11 heavy (non-hydrogen) atoms. The Bertz CT molecular complexity index is 100. The smallest absolute Gasteiger partial charge is 0.0327 e. The first-order valence-corrected chi connectivity index (χ1v) is 6.24. The van der Waals surface area contributed by atoms with Gasteiger partial charge in [-0.1, -0.05) is 54.4 Å². The molecule has 0 bridgehead atoms. The molecule has 0 aromatic heterocycles. The van der Waals surface area contributed by atoms with Gasteiger partial charge in [-0.3, -0.25) is 0 Å². The average molecular weight is 172 g/mol. The normalized spacial score (nSPS) is 13.6. The third kappa shape index (κ3) is 4.62. The molecule has 0 spiro atoms. The van der Waals surface area contributed by atoms with Crippen molar-refractivity contribution in [2.24, 2.45) is 0 Å². The molecule has 0 nitrogen and oxygen atoms in total. The van der Waals surface area contributed by atoms with Crippen molar-refractivity contribution < 1.29 is 0 Å². The van der Waals surface area contributed by atoms with Crippen molar-refractivity contribution >= 4 is 9.52 Å². The first-order valence-electron chi connectivity index (χ1n) is 4.83. The molecule has 1 heteroatoms. The van der Waals surface area contributed by atoms with Gasteiger partial charge in [-0.05, 0) is 10.1 Å². The Morgan fingerprint density at radius 1 is 0.818 bits per heavy atom. The molecule has 0 aromatic carbocycles. The highest BCUT2D eigenvalue weighted by Gasteiger charge is 2.26. The summed E-state index contributed by atoms with van der Waals surface area (Å²) in [7, 11) is 0.0671. The van der Waals surface area contributed by atoms with Crippen LogP contribution in [0.4, 0.5) is 0 Å². The fraction of sp³-hybridized carbons (Fsp3) is 1.00. The molecule has 0 heterocycles. The van der Waals surface area contributed by atoms with E-state index >= 15 is 0 Å². The number of hydrogen-bond donors (Lipinski definition) is 0. The Hall–Kier alpha value is 0.217. The minimum absolute atomic E-state index is 0.0671. The first-order chi connectivity index (χ1) is 4.83. The van der Waals surface area contributed by atoms with E-state index in [1.165, 1.54) is 12.8 Å². The van der Waals surface area contributed by atoms with Crippen molar-refractivity contribution in [1.29, 1.82) is 0 Å². The third-order valence-corrected chi connectivity index (χ3v) is 5.79. The van der Waals surface area contributed by atoms with Crippen molar-refractivity contribution in [1.82, 2.24) is 0 Å². The summed E-state index contributed by atoms with van der Waals surface area (Å²) < 4.78 is 0. The number of hydrogen-bond acceptors (Lipinski definition) is 0. The van der Waals surface area contributed by atoms with Crippen LogP contribution in [0.2, 0.25) is 10.1 Å². The average Bonchev–Trinajstić information content (AvgIpc) is 1.86. The quantitative estimate of drug-likeness (QED) is 0.570. The van der Waals surface area contributed by atoms with E-state index < -0.39 is 0 Å². The van der Waals surface area contributed by atoms with Crippen LogP contribution in [0.3, 0.4) is 0 Å². The van der Waals surface area contributed by atoms with Gasteiger partial charge in [-0.15, -0.1) is 0 Å². The molecule has 0 rings (SSSR count). The Balaban J connectivity index is 4.02. The topological polar surface area (TPSA) is 0 Å². The molecule has 0 atom stereocenters.